The molecule has 2 aromatic heterocycles. The topological polar surface area (TPSA) is 61.4 Å². The van der Waals surface area contributed by atoms with Gasteiger partial charge in [-0.05, 0) is 49.5 Å². The summed E-state index contributed by atoms with van der Waals surface area (Å²) in [5.74, 6) is 3.53. The first-order valence-corrected chi connectivity index (χ1v) is 7.85. The number of fused-ring (bicyclic) bond motifs is 3. The Bertz CT molecular complexity index is 742. The standard InChI is InChI=1S/C16H20BN3O2/c1-10-4-6-20(2)9-13(10)12-7-17(21)22-14-8-19-16-11(15(12)14)3-5-18-16/h3,5,7-8,10,13,21H,4,6,9H2,1-2H3,(H,18,19). The number of piperidine rings is 1. The fourth-order valence-electron chi connectivity index (χ4n) is 3.72. The number of nitrogens with zero attached hydrogens (tertiary/aromatic N) is 2. The number of aromatic amines is 1. The van der Waals surface area contributed by atoms with E-state index in [-0.39, 0.29) is 0 Å². The summed E-state index contributed by atoms with van der Waals surface area (Å²) in [4.78, 5) is 9.89. The molecule has 114 valence electrons. The first-order chi connectivity index (χ1) is 10.6. The van der Waals surface area contributed by atoms with Gasteiger partial charge in [-0.15, -0.1) is 0 Å². The molecule has 0 radical (unpaired) electrons. The van der Waals surface area contributed by atoms with Gasteiger partial charge in [-0.1, -0.05) is 6.92 Å². The summed E-state index contributed by atoms with van der Waals surface area (Å²) < 4.78 is 5.58. The lowest BCUT2D eigenvalue weighted by atomic mass is 9.72. The summed E-state index contributed by atoms with van der Waals surface area (Å²) in [6.07, 6.45) is 4.78. The van der Waals surface area contributed by atoms with E-state index in [9.17, 15) is 5.02 Å². The summed E-state index contributed by atoms with van der Waals surface area (Å²) in [5, 5.41) is 11.1. The Kier molecular flexibility index (Phi) is 3.24. The molecule has 0 spiro atoms. The van der Waals surface area contributed by atoms with Crippen LogP contribution >= 0.6 is 0 Å². The number of aromatic nitrogens is 2. The van der Waals surface area contributed by atoms with Crippen molar-refractivity contribution in [3.8, 4) is 5.75 Å². The number of likely N-dealkylation sites (tertiary alicyclic amines) is 1. The zero-order valence-corrected chi connectivity index (χ0v) is 12.9. The maximum Gasteiger partial charge on any atom is 0.552 e. The zero-order valence-electron chi connectivity index (χ0n) is 12.9. The smallest absolute Gasteiger partial charge is 0.531 e. The van der Waals surface area contributed by atoms with E-state index < -0.39 is 7.12 Å². The SMILES string of the molecule is CC1CCN(C)CC1C1=CB(O)Oc2cnc3[nH]ccc3c21. The molecule has 22 heavy (non-hydrogen) atoms. The Morgan fingerprint density at radius 3 is 3.23 bits per heavy atom. The van der Waals surface area contributed by atoms with Gasteiger partial charge in [-0.2, -0.15) is 0 Å². The minimum atomic E-state index is -0.889. The third-order valence-corrected chi connectivity index (χ3v) is 4.97. The highest BCUT2D eigenvalue weighted by Gasteiger charge is 2.35. The Hall–Kier alpha value is -1.79. The van der Waals surface area contributed by atoms with E-state index in [0.29, 0.717) is 17.6 Å². The molecule has 0 aromatic carbocycles. The molecule has 1 fully saturated rings. The summed E-state index contributed by atoms with van der Waals surface area (Å²) in [5.41, 5.74) is 3.14. The predicted octanol–water partition coefficient (Wildman–Crippen LogP) is 1.95. The van der Waals surface area contributed by atoms with Gasteiger partial charge in [0, 0.05) is 23.7 Å². The van der Waals surface area contributed by atoms with Crippen molar-refractivity contribution in [2.75, 3.05) is 20.1 Å². The first kappa shape index (κ1) is 13.8. The van der Waals surface area contributed by atoms with Crippen molar-refractivity contribution in [3.05, 3.63) is 30.0 Å². The van der Waals surface area contributed by atoms with Crippen LogP contribution in [0.5, 0.6) is 5.75 Å². The van der Waals surface area contributed by atoms with Crippen molar-refractivity contribution in [2.45, 2.75) is 13.3 Å². The Morgan fingerprint density at radius 2 is 2.36 bits per heavy atom. The van der Waals surface area contributed by atoms with Gasteiger partial charge in [0.1, 0.15) is 11.4 Å². The number of hydrogen-bond acceptors (Lipinski definition) is 4. The van der Waals surface area contributed by atoms with Crippen LogP contribution in [0.15, 0.2) is 24.4 Å². The van der Waals surface area contributed by atoms with Crippen LogP contribution in [0, 0.1) is 11.8 Å². The number of hydrogen-bond donors (Lipinski definition) is 2. The fraction of sp³-hybridized carbons (Fsp3) is 0.438. The average Bonchev–Trinajstić information content (AvgIpc) is 2.97. The Labute approximate surface area is 130 Å². The molecule has 2 N–H and O–H groups in total. The van der Waals surface area contributed by atoms with E-state index in [1.54, 1.807) is 6.20 Å². The van der Waals surface area contributed by atoms with Gasteiger partial charge in [0.2, 0.25) is 0 Å². The maximum absolute atomic E-state index is 10.1. The minimum Gasteiger partial charge on any atom is -0.531 e. The Balaban J connectivity index is 1.87. The maximum atomic E-state index is 10.1. The van der Waals surface area contributed by atoms with Crippen LogP contribution in [0.3, 0.4) is 0 Å². The molecular formula is C16H20BN3O2. The van der Waals surface area contributed by atoms with E-state index in [0.717, 1.165) is 29.7 Å². The third-order valence-electron chi connectivity index (χ3n) is 4.97. The molecule has 0 aliphatic carbocycles. The molecule has 6 heteroatoms. The highest BCUT2D eigenvalue weighted by atomic mass is 16.5. The van der Waals surface area contributed by atoms with E-state index in [1.807, 2.05) is 18.2 Å². The summed E-state index contributed by atoms with van der Waals surface area (Å²) in [6.45, 7) is 4.44. The molecular weight excluding hydrogens is 277 g/mol. The number of rotatable bonds is 1. The van der Waals surface area contributed by atoms with Crippen LogP contribution < -0.4 is 4.65 Å². The first-order valence-electron chi connectivity index (χ1n) is 7.85. The molecule has 2 atom stereocenters. The largest absolute Gasteiger partial charge is 0.552 e. The second kappa shape index (κ2) is 5.14. The molecule has 2 aromatic rings. The molecule has 1 saturated heterocycles. The molecule has 0 saturated carbocycles. The number of H-pyrrole nitrogens is 1. The van der Waals surface area contributed by atoms with Gasteiger partial charge >= 0.3 is 7.12 Å². The fourth-order valence-corrected chi connectivity index (χ4v) is 3.72. The van der Waals surface area contributed by atoms with E-state index in [2.05, 4.69) is 28.8 Å². The van der Waals surface area contributed by atoms with Crippen LogP contribution in [-0.2, 0) is 0 Å². The van der Waals surface area contributed by atoms with Crippen LogP contribution in [0.2, 0.25) is 0 Å². The van der Waals surface area contributed by atoms with Gasteiger partial charge in [-0.3, -0.25) is 0 Å². The third kappa shape index (κ3) is 2.14. The van der Waals surface area contributed by atoms with E-state index in [4.69, 9.17) is 4.65 Å². The van der Waals surface area contributed by atoms with Crippen LogP contribution in [0.1, 0.15) is 18.9 Å². The van der Waals surface area contributed by atoms with Gasteiger partial charge in [0.15, 0.2) is 0 Å². The van der Waals surface area contributed by atoms with Gasteiger partial charge < -0.3 is 19.6 Å². The van der Waals surface area contributed by atoms with E-state index >= 15 is 0 Å². The van der Waals surface area contributed by atoms with Gasteiger partial charge in [-0.25, -0.2) is 4.98 Å². The van der Waals surface area contributed by atoms with Crippen LogP contribution in [-0.4, -0.2) is 47.1 Å². The monoisotopic (exact) mass is 297 g/mol. The highest BCUT2D eigenvalue weighted by Crippen LogP contribution is 2.43. The molecule has 2 unspecified atom stereocenters. The van der Waals surface area contributed by atoms with Gasteiger partial charge in [0.05, 0.1) is 6.20 Å². The van der Waals surface area contributed by atoms with Crippen molar-refractivity contribution in [2.24, 2.45) is 11.8 Å². The lowest BCUT2D eigenvalue weighted by Gasteiger charge is -2.38. The van der Waals surface area contributed by atoms with Gasteiger partial charge in [0.25, 0.3) is 0 Å². The lowest BCUT2D eigenvalue weighted by Crippen LogP contribution is -2.39. The molecule has 4 rings (SSSR count). The summed E-state index contributed by atoms with van der Waals surface area (Å²) >= 11 is 0. The molecule has 2 aliphatic heterocycles. The lowest BCUT2D eigenvalue weighted by molar-refractivity contribution is 0.189. The molecule has 0 bridgehead atoms. The molecule has 2 aliphatic rings. The zero-order chi connectivity index (χ0) is 15.3. The predicted molar refractivity (Wildman–Crippen MR) is 87.4 cm³/mol. The quantitative estimate of drug-likeness (QED) is 0.790. The molecule has 0 amide bonds. The normalized spacial score (nSPS) is 25.8. The van der Waals surface area contributed by atoms with Crippen molar-refractivity contribution in [3.63, 3.8) is 0 Å². The van der Waals surface area contributed by atoms with Crippen molar-refractivity contribution >= 4 is 23.7 Å². The molecule has 5 nitrogen and oxygen atoms in total. The van der Waals surface area contributed by atoms with E-state index in [1.165, 1.54) is 12.0 Å². The van der Waals surface area contributed by atoms with Crippen LogP contribution in [0.4, 0.5) is 0 Å². The number of nitrogens with one attached hydrogen (secondary N) is 1. The summed E-state index contributed by atoms with van der Waals surface area (Å²) in [7, 11) is 1.27. The number of pyridine rings is 1. The van der Waals surface area contributed by atoms with Crippen LogP contribution in [0.25, 0.3) is 16.6 Å². The van der Waals surface area contributed by atoms with Crippen molar-refractivity contribution in [1.82, 2.24) is 14.9 Å². The second-order valence-electron chi connectivity index (χ2n) is 6.50. The minimum absolute atomic E-state index is 0.400. The molecule has 4 heterocycles. The van der Waals surface area contributed by atoms with Crippen molar-refractivity contribution in [1.29, 1.82) is 0 Å². The Morgan fingerprint density at radius 1 is 1.50 bits per heavy atom. The van der Waals surface area contributed by atoms with Crippen molar-refractivity contribution < 1.29 is 9.68 Å². The average molecular weight is 297 g/mol. The summed E-state index contributed by atoms with van der Waals surface area (Å²) in [6, 6.07) is 2.03. The highest BCUT2D eigenvalue weighted by molar-refractivity contribution is 6.52. The second-order valence-corrected chi connectivity index (χ2v) is 6.50.